The summed E-state index contributed by atoms with van der Waals surface area (Å²) >= 11 is 0. The largest absolute Gasteiger partial charge is 0.336 e. The van der Waals surface area contributed by atoms with Crippen LogP contribution in [-0.2, 0) is 0 Å². The first-order chi connectivity index (χ1) is 9.56. The van der Waals surface area contributed by atoms with Crippen LogP contribution in [0.15, 0.2) is 35.9 Å². The van der Waals surface area contributed by atoms with E-state index in [9.17, 15) is 4.79 Å². The Morgan fingerprint density at radius 1 is 1.10 bits per heavy atom. The van der Waals surface area contributed by atoms with Crippen LogP contribution in [0.3, 0.4) is 0 Å². The number of carbonyl (C=O) groups is 1. The first-order valence-corrected chi connectivity index (χ1v) is 7.28. The molecule has 0 N–H and O–H groups in total. The maximum absolute atomic E-state index is 12.4. The van der Waals surface area contributed by atoms with Crippen molar-refractivity contribution in [2.24, 2.45) is 0 Å². The number of amides is 1. The minimum Gasteiger partial charge on any atom is -0.336 e. The third-order valence-corrected chi connectivity index (χ3v) is 3.72. The average Bonchev–Trinajstić information content (AvgIpc) is 2.46. The number of benzene rings is 1. The molecule has 1 amide bonds. The third kappa shape index (κ3) is 3.94. The molecule has 3 nitrogen and oxygen atoms in total. The van der Waals surface area contributed by atoms with Gasteiger partial charge in [0, 0.05) is 38.3 Å². The Kier molecular flexibility index (Phi) is 4.96. The lowest BCUT2D eigenvalue weighted by molar-refractivity contribution is 0.0650. The molecule has 1 aliphatic heterocycles. The van der Waals surface area contributed by atoms with Crippen molar-refractivity contribution in [2.45, 2.75) is 20.8 Å². The van der Waals surface area contributed by atoms with Crippen molar-refractivity contribution in [1.29, 1.82) is 0 Å². The fraction of sp³-hybridized carbons (Fsp3) is 0.471. The van der Waals surface area contributed by atoms with Crippen LogP contribution in [0.5, 0.6) is 0 Å². The zero-order valence-electron chi connectivity index (χ0n) is 12.7. The summed E-state index contributed by atoms with van der Waals surface area (Å²) in [7, 11) is 0. The Balaban J connectivity index is 1.88. The molecule has 1 saturated heterocycles. The second kappa shape index (κ2) is 6.71. The number of hydrogen-bond acceptors (Lipinski definition) is 2. The standard InChI is InChI=1S/C17H24N2O/c1-14(2)8-9-18-10-12-19(13-11-18)17(20)16-6-4-15(3)5-7-16/h4-8H,9-13H2,1-3H3. The van der Waals surface area contributed by atoms with Crippen LogP contribution < -0.4 is 0 Å². The van der Waals surface area contributed by atoms with Gasteiger partial charge in [-0.1, -0.05) is 29.3 Å². The molecule has 0 unspecified atom stereocenters. The van der Waals surface area contributed by atoms with Gasteiger partial charge in [0.25, 0.3) is 5.91 Å². The van der Waals surface area contributed by atoms with Crippen LogP contribution in [0.2, 0.25) is 0 Å². The van der Waals surface area contributed by atoms with Gasteiger partial charge in [-0.25, -0.2) is 0 Å². The summed E-state index contributed by atoms with van der Waals surface area (Å²) in [5, 5.41) is 0. The number of aryl methyl sites for hydroxylation is 1. The summed E-state index contributed by atoms with van der Waals surface area (Å²) < 4.78 is 0. The van der Waals surface area contributed by atoms with Gasteiger partial charge in [0.1, 0.15) is 0 Å². The number of rotatable bonds is 3. The highest BCUT2D eigenvalue weighted by Crippen LogP contribution is 2.10. The Bertz CT molecular complexity index is 478. The number of carbonyl (C=O) groups excluding carboxylic acids is 1. The molecular formula is C17H24N2O. The molecule has 0 atom stereocenters. The first kappa shape index (κ1) is 14.8. The summed E-state index contributed by atoms with van der Waals surface area (Å²) in [6.07, 6.45) is 2.25. The van der Waals surface area contributed by atoms with E-state index in [1.54, 1.807) is 0 Å². The highest BCUT2D eigenvalue weighted by Gasteiger charge is 2.21. The van der Waals surface area contributed by atoms with E-state index in [0.29, 0.717) is 0 Å². The van der Waals surface area contributed by atoms with Gasteiger partial charge in [-0.05, 0) is 32.9 Å². The molecule has 1 aromatic rings. The lowest BCUT2D eigenvalue weighted by atomic mass is 10.1. The van der Waals surface area contributed by atoms with E-state index in [2.05, 4.69) is 24.8 Å². The van der Waals surface area contributed by atoms with Gasteiger partial charge >= 0.3 is 0 Å². The highest BCUT2D eigenvalue weighted by atomic mass is 16.2. The van der Waals surface area contributed by atoms with E-state index in [0.717, 1.165) is 38.3 Å². The average molecular weight is 272 g/mol. The van der Waals surface area contributed by atoms with E-state index in [1.165, 1.54) is 11.1 Å². The maximum Gasteiger partial charge on any atom is 0.253 e. The van der Waals surface area contributed by atoms with Crippen LogP contribution in [0.25, 0.3) is 0 Å². The SMILES string of the molecule is CC(C)=CCN1CCN(C(=O)c2ccc(C)cc2)CC1. The molecule has 108 valence electrons. The number of piperazine rings is 1. The van der Waals surface area contributed by atoms with Crippen molar-refractivity contribution in [3.8, 4) is 0 Å². The molecule has 1 heterocycles. The Morgan fingerprint density at radius 3 is 2.25 bits per heavy atom. The Labute approximate surface area is 121 Å². The minimum absolute atomic E-state index is 0.159. The summed E-state index contributed by atoms with van der Waals surface area (Å²) in [5.41, 5.74) is 3.34. The first-order valence-electron chi connectivity index (χ1n) is 7.28. The van der Waals surface area contributed by atoms with Gasteiger partial charge in [-0.3, -0.25) is 9.69 Å². The number of allylic oxidation sites excluding steroid dienone is 1. The van der Waals surface area contributed by atoms with Crippen molar-refractivity contribution in [3.63, 3.8) is 0 Å². The van der Waals surface area contributed by atoms with Crippen LogP contribution in [0, 0.1) is 6.92 Å². The van der Waals surface area contributed by atoms with E-state index >= 15 is 0 Å². The van der Waals surface area contributed by atoms with Gasteiger partial charge in [0.15, 0.2) is 0 Å². The lowest BCUT2D eigenvalue weighted by Crippen LogP contribution is -2.48. The van der Waals surface area contributed by atoms with Crippen LogP contribution in [0.4, 0.5) is 0 Å². The predicted octanol–water partition coefficient (Wildman–Crippen LogP) is 2.72. The molecule has 0 bridgehead atoms. The van der Waals surface area contributed by atoms with E-state index < -0.39 is 0 Å². The Hall–Kier alpha value is -1.61. The molecule has 1 fully saturated rings. The van der Waals surface area contributed by atoms with E-state index in [-0.39, 0.29) is 5.91 Å². The van der Waals surface area contributed by atoms with Gasteiger partial charge in [0.2, 0.25) is 0 Å². The summed E-state index contributed by atoms with van der Waals surface area (Å²) in [6, 6.07) is 7.84. The van der Waals surface area contributed by atoms with Gasteiger partial charge in [0.05, 0.1) is 0 Å². The summed E-state index contributed by atoms with van der Waals surface area (Å²) in [5.74, 6) is 0.159. The lowest BCUT2D eigenvalue weighted by Gasteiger charge is -2.34. The van der Waals surface area contributed by atoms with Crippen molar-refractivity contribution in [3.05, 3.63) is 47.0 Å². The second-order valence-corrected chi connectivity index (χ2v) is 5.74. The third-order valence-electron chi connectivity index (χ3n) is 3.72. The molecule has 0 saturated carbocycles. The van der Waals surface area contributed by atoms with Crippen molar-refractivity contribution in [2.75, 3.05) is 32.7 Å². The number of hydrogen-bond donors (Lipinski definition) is 0. The normalized spacial score (nSPS) is 16.1. The molecular weight excluding hydrogens is 248 g/mol. The van der Waals surface area contributed by atoms with Gasteiger partial charge < -0.3 is 4.90 Å². The summed E-state index contributed by atoms with van der Waals surface area (Å²) in [6.45, 7) is 10.8. The van der Waals surface area contributed by atoms with Crippen molar-refractivity contribution < 1.29 is 4.79 Å². The highest BCUT2D eigenvalue weighted by molar-refractivity contribution is 5.94. The predicted molar refractivity (Wildman–Crippen MR) is 83.0 cm³/mol. The molecule has 1 aromatic carbocycles. The maximum atomic E-state index is 12.4. The fourth-order valence-electron chi connectivity index (χ4n) is 2.32. The topological polar surface area (TPSA) is 23.6 Å². The molecule has 0 aliphatic carbocycles. The Morgan fingerprint density at radius 2 is 1.70 bits per heavy atom. The molecule has 20 heavy (non-hydrogen) atoms. The molecule has 3 heteroatoms. The minimum atomic E-state index is 0.159. The molecule has 2 rings (SSSR count). The number of nitrogens with zero attached hydrogens (tertiary/aromatic N) is 2. The smallest absolute Gasteiger partial charge is 0.253 e. The zero-order chi connectivity index (χ0) is 14.5. The molecule has 0 aromatic heterocycles. The van der Waals surface area contributed by atoms with E-state index in [1.807, 2.05) is 36.1 Å². The zero-order valence-corrected chi connectivity index (χ0v) is 12.7. The van der Waals surface area contributed by atoms with Gasteiger partial charge in [-0.15, -0.1) is 0 Å². The van der Waals surface area contributed by atoms with Crippen LogP contribution >= 0.6 is 0 Å². The second-order valence-electron chi connectivity index (χ2n) is 5.74. The van der Waals surface area contributed by atoms with Gasteiger partial charge in [-0.2, -0.15) is 0 Å². The molecule has 0 radical (unpaired) electrons. The summed E-state index contributed by atoms with van der Waals surface area (Å²) in [4.78, 5) is 16.7. The monoisotopic (exact) mass is 272 g/mol. The molecule has 0 spiro atoms. The quantitative estimate of drug-likeness (QED) is 0.790. The van der Waals surface area contributed by atoms with Crippen molar-refractivity contribution >= 4 is 5.91 Å². The fourth-order valence-corrected chi connectivity index (χ4v) is 2.32. The van der Waals surface area contributed by atoms with Crippen molar-refractivity contribution in [1.82, 2.24) is 9.80 Å². The van der Waals surface area contributed by atoms with E-state index in [4.69, 9.17) is 0 Å². The molecule has 1 aliphatic rings. The van der Waals surface area contributed by atoms with Crippen LogP contribution in [-0.4, -0.2) is 48.4 Å². The van der Waals surface area contributed by atoms with Crippen LogP contribution in [0.1, 0.15) is 29.8 Å².